The van der Waals surface area contributed by atoms with Crippen LogP contribution in [-0.2, 0) is 6.18 Å². The van der Waals surface area contributed by atoms with Gasteiger partial charge in [0.2, 0.25) is 0 Å². The Hall–Kier alpha value is -1.23. The van der Waals surface area contributed by atoms with E-state index in [2.05, 4.69) is 5.32 Å². The molecular weight excluding hydrogens is 291 g/mol. The lowest BCUT2D eigenvalue weighted by atomic mass is 10.1. The molecule has 1 aliphatic rings. The predicted octanol–water partition coefficient (Wildman–Crippen LogP) is 3.84. The fourth-order valence-corrected chi connectivity index (χ4v) is 2.84. The second kappa shape index (κ2) is 6.04. The van der Waals surface area contributed by atoms with Gasteiger partial charge in [0.25, 0.3) is 5.91 Å². The molecule has 20 heavy (non-hydrogen) atoms. The largest absolute Gasteiger partial charge is 0.417 e. The van der Waals surface area contributed by atoms with Crippen LogP contribution in [0, 0.1) is 5.92 Å². The van der Waals surface area contributed by atoms with Gasteiger partial charge >= 0.3 is 6.18 Å². The minimum absolute atomic E-state index is 0.111. The minimum Gasteiger partial charge on any atom is -0.352 e. The molecule has 1 saturated carbocycles. The molecule has 1 fully saturated rings. The predicted molar refractivity (Wildman–Crippen MR) is 70.8 cm³/mol. The van der Waals surface area contributed by atoms with Crippen LogP contribution in [0.3, 0.4) is 0 Å². The van der Waals surface area contributed by atoms with Crippen molar-refractivity contribution in [1.29, 1.82) is 0 Å². The third-order valence-corrected chi connectivity index (χ3v) is 3.90. The normalized spacial score (nSPS) is 22.8. The summed E-state index contributed by atoms with van der Waals surface area (Å²) in [7, 11) is 0. The van der Waals surface area contributed by atoms with Crippen LogP contribution in [0.5, 0.6) is 0 Å². The summed E-state index contributed by atoms with van der Waals surface area (Å²) in [6.45, 7) is 0.369. The highest BCUT2D eigenvalue weighted by atomic mass is 35.5. The van der Waals surface area contributed by atoms with Crippen LogP contribution >= 0.6 is 11.6 Å². The van der Waals surface area contributed by atoms with Gasteiger partial charge in [-0.25, -0.2) is 0 Å². The van der Waals surface area contributed by atoms with Crippen LogP contribution in [0.4, 0.5) is 13.2 Å². The van der Waals surface area contributed by atoms with E-state index in [-0.39, 0.29) is 16.9 Å². The van der Waals surface area contributed by atoms with E-state index in [9.17, 15) is 18.0 Å². The van der Waals surface area contributed by atoms with E-state index in [0.717, 1.165) is 25.3 Å². The molecular formula is C14H15ClF3NO. The van der Waals surface area contributed by atoms with Crippen molar-refractivity contribution in [1.82, 2.24) is 5.32 Å². The lowest BCUT2D eigenvalue weighted by molar-refractivity contribution is -0.137. The van der Waals surface area contributed by atoms with Crippen molar-refractivity contribution >= 4 is 17.5 Å². The molecule has 0 bridgehead atoms. The Morgan fingerprint density at radius 1 is 1.30 bits per heavy atom. The number of amides is 1. The van der Waals surface area contributed by atoms with Crippen LogP contribution in [0.15, 0.2) is 24.3 Å². The lowest BCUT2D eigenvalue weighted by Crippen LogP contribution is -2.30. The molecule has 110 valence electrons. The summed E-state index contributed by atoms with van der Waals surface area (Å²) in [5, 5.41) is 2.69. The number of hydrogen-bond donors (Lipinski definition) is 1. The summed E-state index contributed by atoms with van der Waals surface area (Å²) in [5.74, 6) is -0.435. The molecule has 2 atom stereocenters. The third-order valence-electron chi connectivity index (χ3n) is 3.51. The molecule has 2 rings (SSSR count). The van der Waals surface area contributed by atoms with E-state index in [0.29, 0.717) is 6.54 Å². The van der Waals surface area contributed by atoms with Crippen molar-refractivity contribution in [3.8, 4) is 0 Å². The van der Waals surface area contributed by atoms with E-state index in [1.54, 1.807) is 0 Å². The van der Waals surface area contributed by atoms with E-state index in [1.165, 1.54) is 18.2 Å². The van der Waals surface area contributed by atoms with Crippen molar-refractivity contribution in [3.05, 3.63) is 35.4 Å². The van der Waals surface area contributed by atoms with Crippen LogP contribution in [0.2, 0.25) is 0 Å². The molecule has 2 nitrogen and oxygen atoms in total. The van der Waals surface area contributed by atoms with E-state index >= 15 is 0 Å². The van der Waals surface area contributed by atoms with Gasteiger partial charge in [-0.05, 0) is 37.3 Å². The molecule has 2 unspecified atom stereocenters. The molecule has 0 saturated heterocycles. The molecule has 0 radical (unpaired) electrons. The number of hydrogen-bond acceptors (Lipinski definition) is 1. The highest BCUT2D eigenvalue weighted by Gasteiger charge is 2.35. The molecule has 1 N–H and O–H groups in total. The van der Waals surface area contributed by atoms with Crippen LogP contribution < -0.4 is 5.32 Å². The van der Waals surface area contributed by atoms with E-state index in [4.69, 9.17) is 11.6 Å². The van der Waals surface area contributed by atoms with Crippen LogP contribution in [0.1, 0.15) is 35.2 Å². The Morgan fingerprint density at radius 3 is 2.60 bits per heavy atom. The molecule has 1 aliphatic carbocycles. The Labute approximate surface area is 120 Å². The zero-order valence-corrected chi connectivity index (χ0v) is 11.5. The summed E-state index contributed by atoms with van der Waals surface area (Å²) < 4.78 is 38.4. The van der Waals surface area contributed by atoms with Crippen molar-refractivity contribution in [3.63, 3.8) is 0 Å². The Balaban J connectivity index is 2.02. The Kier molecular flexibility index (Phi) is 4.58. The van der Waals surface area contributed by atoms with Crippen molar-refractivity contribution in [2.75, 3.05) is 6.54 Å². The first kappa shape index (κ1) is 15.2. The third kappa shape index (κ3) is 3.66. The van der Waals surface area contributed by atoms with Gasteiger partial charge in [-0.2, -0.15) is 13.2 Å². The summed E-state index contributed by atoms with van der Waals surface area (Å²) in [4.78, 5) is 11.9. The van der Waals surface area contributed by atoms with Gasteiger partial charge in [-0.1, -0.05) is 12.1 Å². The molecule has 1 amide bonds. The molecule has 1 aromatic rings. The molecule has 6 heteroatoms. The first-order valence-electron chi connectivity index (χ1n) is 6.46. The van der Waals surface area contributed by atoms with Crippen molar-refractivity contribution in [2.24, 2.45) is 5.92 Å². The minimum atomic E-state index is -4.53. The average Bonchev–Trinajstić information content (AvgIpc) is 2.81. The summed E-state index contributed by atoms with van der Waals surface area (Å²) in [5.41, 5.74) is -1.24. The maximum absolute atomic E-state index is 12.8. The molecule has 1 aromatic carbocycles. The quantitative estimate of drug-likeness (QED) is 0.845. The lowest BCUT2D eigenvalue weighted by Gasteiger charge is -2.14. The van der Waals surface area contributed by atoms with Gasteiger partial charge in [0.1, 0.15) is 0 Å². The zero-order valence-electron chi connectivity index (χ0n) is 10.7. The van der Waals surface area contributed by atoms with Gasteiger partial charge in [0.05, 0.1) is 11.1 Å². The maximum Gasteiger partial charge on any atom is 0.417 e. The van der Waals surface area contributed by atoms with Gasteiger partial charge in [0.15, 0.2) is 0 Å². The van der Waals surface area contributed by atoms with Crippen molar-refractivity contribution < 1.29 is 18.0 Å². The van der Waals surface area contributed by atoms with Crippen LogP contribution in [0.25, 0.3) is 0 Å². The monoisotopic (exact) mass is 305 g/mol. The Morgan fingerprint density at radius 2 is 2.00 bits per heavy atom. The highest BCUT2D eigenvalue weighted by molar-refractivity contribution is 6.20. The van der Waals surface area contributed by atoms with Gasteiger partial charge < -0.3 is 5.32 Å². The first-order chi connectivity index (χ1) is 9.38. The maximum atomic E-state index is 12.8. The second-order valence-corrected chi connectivity index (χ2v) is 5.65. The van der Waals surface area contributed by atoms with Gasteiger partial charge in [0, 0.05) is 11.9 Å². The van der Waals surface area contributed by atoms with E-state index in [1.807, 2.05) is 0 Å². The van der Waals surface area contributed by atoms with Gasteiger partial charge in [-0.15, -0.1) is 11.6 Å². The SMILES string of the molecule is O=C(NCC1CCC(Cl)C1)c1ccccc1C(F)(F)F. The topological polar surface area (TPSA) is 29.1 Å². The highest BCUT2D eigenvalue weighted by Crippen LogP contribution is 2.32. The summed E-state index contributed by atoms with van der Waals surface area (Å²) in [6.07, 6.45) is -1.94. The molecule has 0 aliphatic heterocycles. The summed E-state index contributed by atoms with van der Waals surface area (Å²) in [6, 6.07) is 4.81. The number of carbonyl (C=O) groups excluding carboxylic acids is 1. The van der Waals surface area contributed by atoms with Crippen molar-refractivity contribution in [2.45, 2.75) is 30.8 Å². The number of halogens is 4. The first-order valence-corrected chi connectivity index (χ1v) is 6.90. The second-order valence-electron chi connectivity index (χ2n) is 5.03. The molecule has 0 spiro atoms. The zero-order chi connectivity index (χ0) is 14.8. The van der Waals surface area contributed by atoms with Crippen LogP contribution in [-0.4, -0.2) is 17.8 Å². The summed E-state index contributed by atoms with van der Waals surface area (Å²) >= 11 is 5.96. The standard InChI is InChI=1S/C14H15ClF3NO/c15-10-6-5-9(7-10)8-19-13(20)11-3-1-2-4-12(11)14(16,17)18/h1-4,9-10H,5-8H2,(H,19,20). The number of alkyl halides is 4. The fourth-order valence-electron chi connectivity index (χ4n) is 2.46. The number of rotatable bonds is 3. The number of benzene rings is 1. The molecule has 0 heterocycles. The molecule has 0 aromatic heterocycles. The number of nitrogens with one attached hydrogen (secondary N) is 1. The van der Waals surface area contributed by atoms with E-state index < -0.39 is 17.6 Å². The average molecular weight is 306 g/mol. The Bertz CT molecular complexity index is 490. The smallest absolute Gasteiger partial charge is 0.352 e. The number of carbonyl (C=O) groups is 1. The van der Waals surface area contributed by atoms with Gasteiger partial charge in [-0.3, -0.25) is 4.79 Å². The fraction of sp³-hybridized carbons (Fsp3) is 0.500.